The van der Waals surface area contributed by atoms with E-state index < -0.39 is 6.10 Å². The van der Waals surface area contributed by atoms with Crippen LogP contribution in [0.4, 0.5) is 0 Å². The lowest BCUT2D eigenvalue weighted by atomic mass is 9.88. The van der Waals surface area contributed by atoms with Crippen LogP contribution in [0.3, 0.4) is 0 Å². The van der Waals surface area contributed by atoms with Crippen molar-refractivity contribution in [3.05, 3.63) is 101 Å². The van der Waals surface area contributed by atoms with Crippen molar-refractivity contribution in [2.75, 3.05) is 33.4 Å². The standard InChI is InChI=1S/C28H32N2O3/c1-32-27-14-8-13-25(29-27)20-33-21-26(31)19-30-17-15-24(16-18-30)28(22-9-4-2-5-10-22)23-11-6-3-7-12-23/h2-14,26,31H,15-21H2,1H3. The highest BCUT2D eigenvalue weighted by Crippen LogP contribution is 2.32. The quantitative estimate of drug-likeness (QED) is 0.524. The number of ether oxygens (including phenoxy) is 2. The molecule has 1 saturated heterocycles. The van der Waals surface area contributed by atoms with E-state index in [1.54, 1.807) is 13.2 Å². The molecule has 0 radical (unpaired) electrons. The smallest absolute Gasteiger partial charge is 0.213 e. The third-order valence-electron chi connectivity index (χ3n) is 5.96. The molecule has 172 valence electrons. The number of benzene rings is 2. The van der Waals surface area contributed by atoms with E-state index in [0.717, 1.165) is 31.6 Å². The minimum Gasteiger partial charge on any atom is -0.481 e. The van der Waals surface area contributed by atoms with Crippen LogP contribution in [0.2, 0.25) is 0 Å². The van der Waals surface area contributed by atoms with Gasteiger partial charge in [-0.05, 0) is 35.6 Å². The number of aliphatic hydroxyl groups excluding tert-OH is 1. The van der Waals surface area contributed by atoms with Crippen LogP contribution < -0.4 is 4.74 Å². The van der Waals surface area contributed by atoms with Crippen LogP contribution in [0.1, 0.15) is 29.7 Å². The number of rotatable bonds is 9. The van der Waals surface area contributed by atoms with E-state index in [9.17, 15) is 5.11 Å². The Morgan fingerprint density at radius 1 is 0.909 bits per heavy atom. The Balaban J connectivity index is 1.32. The summed E-state index contributed by atoms with van der Waals surface area (Å²) < 4.78 is 10.8. The lowest BCUT2D eigenvalue weighted by molar-refractivity contribution is 0.00778. The second-order valence-corrected chi connectivity index (χ2v) is 8.35. The molecule has 1 aromatic heterocycles. The summed E-state index contributed by atoms with van der Waals surface area (Å²) in [4.78, 5) is 6.66. The molecular formula is C28H32N2O3. The fourth-order valence-corrected chi connectivity index (χ4v) is 4.34. The molecule has 2 aromatic carbocycles. The van der Waals surface area contributed by atoms with Crippen LogP contribution in [0, 0.1) is 0 Å². The number of piperidine rings is 1. The maximum Gasteiger partial charge on any atom is 0.213 e. The Morgan fingerprint density at radius 3 is 2.15 bits per heavy atom. The van der Waals surface area contributed by atoms with Crippen molar-refractivity contribution < 1.29 is 14.6 Å². The summed E-state index contributed by atoms with van der Waals surface area (Å²) >= 11 is 0. The van der Waals surface area contributed by atoms with Gasteiger partial charge in [-0.3, -0.25) is 0 Å². The SMILES string of the molecule is COc1cccc(COCC(O)CN2CCC(=C(c3ccccc3)c3ccccc3)CC2)n1. The molecule has 1 fully saturated rings. The van der Waals surface area contributed by atoms with Gasteiger partial charge in [0.15, 0.2) is 0 Å². The van der Waals surface area contributed by atoms with Gasteiger partial charge in [-0.1, -0.05) is 72.3 Å². The molecule has 1 aliphatic rings. The van der Waals surface area contributed by atoms with Crippen molar-refractivity contribution >= 4 is 5.57 Å². The van der Waals surface area contributed by atoms with E-state index >= 15 is 0 Å². The highest BCUT2D eigenvalue weighted by molar-refractivity contribution is 5.82. The number of likely N-dealkylation sites (tertiary alicyclic amines) is 1. The first-order valence-electron chi connectivity index (χ1n) is 11.5. The van der Waals surface area contributed by atoms with Crippen LogP contribution in [-0.2, 0) is 11.3 Å². The van der Waals surface area contributed by atoms with Crippen molar-refractivity contribution in [1.29, 1.82) is 0 Å². The molecular weight excluding hydrogens is 412 g/mol. The van der Waals surface area contributed by atoms with Crippen LogP contribution in [0.5, 0.6) is 5.88 Å². The first-order valence-corrected chi connectivity index (χ1v) is 11.5. The molecule has 5 heteroatoms. The fraction of sp³-hybridized carbons (Fsp3) is 0.321. The number of aromatic nitrogens is 1. The maximum absolute atomic E-state index is 10.5. The summed E-state index contributed by atoms with van der Waals surface area (Å²) in [6, 6.07) is 26.9. The molecule has 3 aromatic rings. The van der Waals surface area contributed by atoms with E-state index in [4.69, 9.17) is 9.47 Å². The molecule has 1 N–H and O–H groups in total. The Hall–Kier alpha value is -2.99. The largest absolute Gasteiger partial charge is 0.481 e. The van der Waals surface area contributed by atoms with Gasteiger partial charge in [-0.15, -0.1) is 0 Å². The summed E-state index contributed by atoms with van der Waals surface area (Å²) in [5.41, 5.74) is 6.17. The Morgan fingerprint density at radius 2 is 1.55 bits per heavy atom. The molecule has 2 heterocycles. The number of β-amino-alcohol motifs (C(OH)–C–C–N with tert-alkyl or cyclic N) is 1. The zero-order valence-corrected chi connectivity index (χ0v) is 19.2. The van der Waals surface area contributed by atoms with Crippen LogP contribution in [0.25, 0.3) is 5.57 Å². The first kappa shape index (κ1) is 23.2. The van der Waals surface area contributed by atoms with Gasteiger partial charge in [-0.2, -0.15) is 0 Å². The Labute approximate surface area is 196 Å². The minimum atomic E-state index is -0.524. The van der Waals surface area contributed by atoms with Crippen LogP contribution >= 0.6 is 0 Å². The zero-order valence-electron chi connectivity index (χ0n) is 19.2. The van der Waals surface area contributed by atoms with E-state index in [-0.39, 0.29) is 6.61 Å². The number of methoxy groups -OCH3 is 1. The average Bonchev–Trinajstić information content (AvgIpc) is 2.87. The van der Waals surface area contributed by atoms with E-state index in [1.807, 2.05) is 12.1 Å². The van der Waals surface area contributed by atoms with Gasteiger partial charge in [0.2, 0.25) is 5.88 Å². The number of pyridine rings is 1. The van der Waals surface area contributed by atoms with Gasteiger partial charge < -0.3 is 19.5 Å². The van der Waals surface area contributed by atoms with E-state index in [1.165, 1.54) is 22.3 Å². The molecule has 33 heavy (non-hydrogen) atoms. The number of aliphatic hydroxyl groups is 1. The zero-order chi connectivity index (χ0) is 22.9. The predicted octanol–water partition coefficient (Wildman–Crippen LogP) is 4.57. The molecule has 0 amide bonds. The van der Waals surface area contributed by atoms with Crippen molar-refractivity contribution in [2.24, 2.45) is 0 Å². The molecule has 1 aliphatic heterocycles. The Bertz CT molecular complexity index is 986. The fourth-order valence-electron chi connectivity index (χ4n) is 4.34. The molecule has 0 spiro atoms. The summed E-state index contributed by atoms with van der Waals surface area (Å²) in [5.74, 6) is 0.569. The predicted molar refractivity (Wildman–Crippen MR) is 131 cm³/mol. The molecule has 0 bridgehead atoms. The van der Waals surface area contributed by atoms with Crippen molar-refractivity contribution in [3.8, 4) is 5.88 Å². The topological polar surface area (TPSA) is 54.8 Å². The molecule has 1 unspecified atom stereocenters. The summed E-state index contributed by atoms with van der Waals surface area (Å²) in [5, 5.41) is 10.5. The van der Waals surface area contributed by atoms with Gasteiger partial charge in [0, 0.05) is 25.7 Å². The van der Waals surface area contributed by atoms with Crippen molar-refractivity contribution in [2.45, 2.75) is 25.6 Å². The average molecular weight is 445 g/mol. The highest BCUT2D eigenvalue weighted by atomic mass is 16.5. The van der Waals surface area contributed by atoms with Gasteiger partial charge in [0.05, 0.1) is 32.1 Å². The molecule has 1 atom stereocenters. The highest BCUT2D eigenvalue weighted by Gasteiger charge is 2.21. The maximum atomic E-state index is 10.5. The van der Waals surface area contributed by atoms with Gasteiger partial charge >= 0.3 is 0 Å². The van der Waals surface area contributed by atoms with E-state index in [2.05, 4.69) is 70.5 Å². The summed E-state index contributed by atoms with van der Waals surface area (Å²) in [7, 11) is 1.60. The van der Waals surface area contributed by atoms with Gasteiger partial charge in [0.25, 0.3) is 0 Å². The lowest BCUT2D eigenvalue weighted by Crippen LogP contribution is -2.38. The lowest BCUT2D eigenvalue weighted by Gasteiger charge is -2.31. The van der Waals surface area contributed by atoms with Crippen LogP contribution in [0.15, 0.2) is 84.4 Å². The molecule has 0 saturated carbocycles. The first-order chi connectivity index (χ1) is 16.2. The van der Waals surface area contributed by atoms with Crippen molar-refractivity contribution in [3.63, 3.8) is 0 Å². The van der Waals surface area contributed by atoms with E-state index in [0.29, 0.717) is 19.0 Å². The molecule has 5 nitrogen and oxygen atoms in total. The third kappa shape index (κ3) is 6.51. The second kappa shape index (κ2) is 11.8. The summed E-state index contributed by atoms with van der Waals surface area (Å²) in [6.07, 6.45) is 1.48. The third-order valence-corrected chi connectivity index (χ3v) is 5.96. The monoisotopic (exact) mass is 444 g/mol. The normalized spacial score (nSPS) is 15.3. The number of nitrogens with zero attached hydrogens (tertiary/aromatic N) is 2. The molecule has 4 rings (SSSR count). The van der Waals surface area contributed by atoms with Crippen LogP contribution in [-0.4, -0.2) is 54.4 Å². The second-order valence-electron chi connectivity index (χ2n) is 8.35. The van der Waals surface area contributed by atoms with Gasteiger partial charge in [-0.25, -0.2) is 4.98 Å². The minimum absolute atomic E-state index is 0.289. The summed E-state index contributed by atoms with van der Waals surface area (Å²) in [6.45, 7) is 3.14. The number of hydrogen-bond donors (Lipinski definition) is 1. The van der Waals surface area contributed by atoms with Gasteiger partial charge in [0.1, 0.15) is 0 Å². The number of hydrogen-bond acceptors (Lipinski definition) is 5. The molecule has 0 aliphatic carbocycles. The van der Waals surface area contributed by atoms with Crippen molar-refractivity contribution in [1.82, 2.24) is 9.88 Å². The Kier molecular flexibility index (Phi) is 8.25.